The van der Waals surface area contributed by atoms with Crippen molar-refractivity contribution in [1.29, 1.82) is 0 Å². The molecule has 2 atom stereocenters. The summed E-state index contributed by atoms with van der Waals surface area (Å²) in [4.78, 5) is 41.0. The molecule has 2 saturated heterocycles. The lowest BCUT2D eigenvalue weighted by atomic mass is 9.93. The summed E-state index contributed by atoms with van der Waals surface area (Å²) in [6, 6.07) is 8.64. The van der Waals surface area contributed by atoms with Gasteiger partial charge in [-0.3, -0.25) is 9.59 Å². The molecule has 1 aromatic carbocycles. The van der Waals surface area contributed by atoms with Gasteiger partial charge in [0.15, 0.2) is 0 Å². The minimum Gasteiger partial charge on any atom is -0.341 e. The van der Waals surface area contributed by atoms with Crippen LogP contribution in [-0.2, 0) is 16.0 Å². The molecule has 2 aliphatic heterocycles. The molecule has 0 radical (unpaired) electrons. The number of imide groups is 1. The summed E-state index contributed by atoms with van der Waals surface area (Å²) in [5.41, 5.74) is 0.148. The Bertz CT molecular complexity index is 685. The van der Waals surface area contributed by atoms with Crippen molar-refractivity contribution >= 4 is 17.8 Å². The zero-order chi connectivity index (χ0) is 18.7. The van der Waals surface area contributed by atoms with E-state index in [9.17, 15) is 14.4 Å². The monoisotopic (exact) mass is 357 g/mol. The number of benzene rings is 1. The third-order valence-corrected chi connectivity index (χ3v) is 5.46. The zero-order valence-corrected chi connectivity index (χ0v) is 15.5. The molecule has 2 aliphatic rings. The minimum atomic E-state index is -0.969. The fourth-order valence-corrected chi connectivity index (χ4v) is 3.76. The highest BCUT2D eigenvalue weighted by Crippen LogP contribution is 2.26. The van der Waals surface area contributed by atoms with Gasteiger partial charge < -0.3 is 10.2 Å². The largest absolute Gasteiger partial charge is 0.341 e. The van der Waals surface area contributed by atoms with Crippen molar-refractivity contribution in [1.82, 2.24) is 15.1 Å². The van der Waals surface area contributed by atoms with Gasteiger partial charge in [-0.05, 0) is 51.5 Å². The molecule has 0 bridgehead atoms. The lowest BCUT2D eigenvalue weighted by molar-refractivity contribution is -0.143. The van der Waals surface area contributed by atoms with Crippen LogP contribution in [0.1, 0.15) is 45.1 Å². The Kier molecular flexibility index (Phi) is 5.30. The van der Waals surface area contributed by atoms with Crippen molar-refractivity contribution in [3.8, 4) is 0 Å². The van der Waals surface area contributed by atoms with Gasteiger partial charge >= 0.3 is 6.03 Å². The quantitative estimate of drug-likeness (QED) is 0.822. The summed E-state index contributed by atoms with van der Waals surface area (Å²) in [5.74, 6) is -0.447. The molecule has 0 saturated carbocycles. The number of hydrogen-bond acceptors (Lipinski definition) is 3. The third kappa shape index (κ3) is 3.59. The van der Waals surface area contributed by atoms with Crippen LogP contribution < -0.4 is 5.32 Å². The third-order valence-electron chi connectivity index (χ3n) is 5.46. The van der Waals surface area contributed by atoms with Crippen LogP contribution in [0.2, 0.25) is 0 Å². The second-order valence-corrected chi connectivity index (χ2v) is 7.48. The van der Waals surface area contributed by atoms with E-state index in [0.29, 0.717) is 25.9 Å². The summed E-state index contributed by atoms with van der Waals surface area (Å²) in [7, 11) is 0. The number of carbonyl (C=O) groups is 3. The molecule has 1 aromatic rings. The molecule has 0 aliphatic carbocycles. The maximum Gasteiger partial charge on any atom is 0.325 e. The first-order chi connectivity index (χ1) is 12.4. The number of hydrogen-bond donors (Lipinski definition) is 1. The van der Waals surface area contributed by atoms with E-state index in [2.05, 4.69) is 5.32 Å². The lowest BCUT2D eigenvalue weighted by Gasteiger charge is -2.32. The van der Waals surface area contributed by atoms with Crippen LogP contribution in [0, 0.1) is 0 Å². The van der Waals surface area contributed by atoms with Crippen molar-refractivity contribution in [3.63, 3.8) is 0 Å². The maximum absolute atomic E-state index is 13.0. The van der Waals surface area contributed by atoms with E-state index in [1.807, 2.05) is 30.3 Å². The predicted octanol–water partition coefficient (Wildman–Crippen LogP) is 2.33. The number of rotatable bonds is 5. The molecule has 6 heteroatoms. The van der Waals surface area contributed by atoms with E-state index in [4.69, 9.17) is 0 Å². The van der Waals surface area contributed by atoms with Crippen molar-refractivity contribution in [2.45, 2.75) is 57.5 Å². The van der Waals surface area contributed by atoms with Gasteiger partial charge in [0, 0.05) is 13.1 Å². The number of nitrogens with zero attached hydrogens (tertiary/aromatic N) is 2. The Hall–Kier alpha value is -2.37. The highest BCUT2D eigenvalue weighted by Gasteiger charge is 2.50. The summed E-state index contributed by atoms with van der Waals surface area (Å²) in [5, 5.41) is 2.81. The molecule has 140 valence electrons. The average molecular weight is 357 g/mol. The fraction of sp³-hybridized carbons (Fsp3) is 0.550. The molecule has 4 amide bonds. The van der Waals surface area contributed by atoms with Crippen molar-refractivity contribution in [2.24, 2.45) is 0 Å². The Labute approximate surface area is 154 Å². The lowest BCUT2D eigenvalue weighted by Crippen LogP contribution is -2.52. The second kappa shape index (κ2) is 7.48. The molecule has 6 nitrogen and oxygen atoms in total. The van der Waals surface area contributed by atoms with Gasteiger partial charge in [-0.25, -0.2) is 9.69 Å². The van der Waals surface area contributed by atoms with Crippen molar-refractivity contribution < 1.29 is 14.4 Å². The summed E-state index contributed by atoms with van der Waals surface area (Å²) in [6.07, 6.45) is 4.27. The van der Waals surface area contributed by atoms with Crippen molar-refractivity contribution in [3.05, 3.63) is 35.9 Å². The van der Waals surface area contributed by atoms with Gasteiger partial charge in [-0.2, -0.15) is 0 Å². The van der Waals surface area contributed by atoms with Crippen LogP contribution in [0.4, 0.5) is 4.79 Å². The summed E-state index contributed by atoms with van der Waals surface area (Å²) in [6.45, 7) is 4.81. The Morgan fingerprint density at radius 2 is 1.81 bits per heavy atom. The van der Waals surface area contributed by atoms with E-state index >= 15 is 0 Å². The number of carbonyl (C=O) groups excluding carboxylic acids is 3. The topological polar surface area (TPSA) is 69.7 Å². The predicted molar refractivity (Wildman–Crippen MR) is 98.4 cm³/mol. The molecule has 2 fully saturated rings. The number of amides is 4. The average Bonchev–Trinajstić information content (AvgIpc) is 2.89. The van der Waals surface area contributed by atoms with E-state index in [1.54, 1.807) is 18.7 Å². The fourth-order valence-electron chi connectivity index (χ4n) is 3.76. The van der Waals surface area contributed by atoms with Gasteiger partial charge in [-0.1, -0.05) is 30.3 Å². The first-order valence-electron chi connectivity index (χ1n) is 9.41. The molecule has 0 unspecified atom stereocenters. The first-order valence-corrected chi connectivity index (χ1v) is 9.41. The van der Waals surface area contributed by atoms with E-state index in [0.717, 1.165) is 29.7 Å². The van der Waals surface area contributed by atoms with Crippen LogP contribution >= 0.6 is 0 Å². The molecule has 3 rings (SSSR count). The Morgan fingerprint density at radius 1 is 1.15 bits per heavy atom. The van der Waals surface area contributed by atoms with E-state index in [1.165, 1.54) is 0 Å². The molecule has 2 heterocycles. The molecule has 26 heavy (non-hydrogen) atoms. The van der Waals surface area contributed by atoms with Gasteiger partial charge in [0.25, 0.3) is 5.91 Å². The normalized spacial score (nSPS) is 24.5. The molecule has 0 aromatic heterocycles. The number of aryl methyl sites for hydroxylation is 1. The van der Waals surface area contributed by atoms with Gasteiger partial charge in [0.1, 0.15) is 11.6 Å². The highest BCUT2D eigenvalue weighted by molar-refractivity contribution is 6.09. The highest BCUT2D eigenvalue weighted by atomic mass is 16.2. The van der Waals surface area contributed by atoms with Gasteiger partial charge in [0.2, 0.25) is 5.91 Å². The smallest absolute Gasteiger partial charge is 0.325 e. The number of urea groups is 1. The van der Waals surface area contributed by atoms with Crippen molar-refractivity contribution in [2.75, 3.05) is 13.1 Å². The Balaban J connectivity index is 1.68. The first kappa shape index (κ1) is 18.4. The standard InChI is InChI=1S/C20H27N3O3/c1-15(17(24)22-13-7-4-8-14-22)23-18(25)20(2,21-19(23)26)12-11-16-9-5-3-6-10-16/h3,5-6,9-10,15H,4,7-8,11-14H2,1-2H3,(H,21,26)/t15-,20+/m1/s1. The van der Waals surface area contributed by atoms with E-state index < -0.39 is 17.6 Å². The number of piperidine rings is 1. The van der Waals surface area contributed by atoms with Crippen LogP contribution in [0.15, 0.2) is 30.3 Å². The SMILES string of the molecule is C[C@H](C(=O)N1CCCCC1)N1C(=O)N[C@@](C)(CCc2ccccc2)C1=O. The molecule has 1 N–H and O–H groups in total. The van der Waals surface area contributed by atoms with E-state index in [-0.39, 0.29) is 11.8 Å². The summed E-state index contributed by atoms with van der Waals surface area (Å²) >= 11 is 0. The number of nitrogens with one attached hydrogen (secondary N) is 1. The number of likely N-dealkylation sites (tertiary alicyclic amines) is 1. The van der Waals surface area contributed by atoms with Crippen LogP contribution in [-0.4, -0.2) is 52.3 Å². The van der Waals surface area contributed by atoms with Gasteiger partial charge in [0.05, 0.1) is 0 Å². The molecular formula is C20H27N3O3. The maximum atomic E-state index is 13.0. The van der Waals surface area contributed by atoms with Crippen LogP contribution in [0.25, 0.3) is 0 Å². The summed E-state index contributed by atoms with van der Waals surface area (Å²) < 4.78 is 0. The minimum absolute atomic E-state index is 0.138. The second-order valence-electron chi connectivity index (χ2n) is 7.48. The van der Waals surface area contributed by atoms with Crippen LogP contribution in [0.3, 0.4) is 0 Å². The van der Waals surface area contributed by atoms with Gasteiger partial charge in [-0.15, -0.1) is 0 Å². The zero-order valence-electron chi connectivity index (χ0n) is 15.5. The molecule has 0 spiro atoms. The van der Waals surface area contributed by atoms with Crippen LogP contribution in [0.5, 0.6) is 0 Å². The molecular weight excluding hydrogens is 330 g/mol. The Morgan fingerprint density at radius 3 is 2.46 bits per heavy atom.